The van der Waals surface area contributed by atoms with E-state index in [1.54, 1.807) is 17.0 Å². The maximum atomic E-state index is 6.21. The SMILES string of the molecule is CSC1=CC(=Nc2ccc3nc(C)cc(N)c3c2)NN(Nc2ccc3nc(C)cc(N)c3c2)N1. The highest BCUT2D eigenvalue weighted by Gasteiger charge is 2.16. The summed E-state index contributed by atoms with van der Waals surface area (Å²) in [5.74, 6) is 0.659. The molecule has 0 atom stereocenters. The summed E-state index contributed by atoms with van der Waals surface area (Å²) >= 11 is 1.58. The summed E-state index contributed by atoms with van der Waals surface area (Å²) in [4.78, 5) is 13.9. The van der Waals surface area contributed by atoms with Gasteiger partial charge >= 0.3 is 0 Å². The molecule has 7 N–H and O–H groups in total. The zero-order valence-electron chi connectivity index (χ0n) is 19.0. The number of hydrogen-bond donors (Lipinski definition) is 5. The number of thioether (sulfide) groups is 1. The lowest BCUT2D eigenvalue weighted by atomic mass is 10.1. The Bertz CT molecular complexity index is 1480. The Hall–Kier alpha value is -4.02. The van der Waals surface area contributed by atoms with E-state index in [4.69, 9.17) is 16.5 Å². The van der Waals surface area contributed by atoms with Crippen LogP contribution in [-0.2, 0) is 0 Å². The van der Waals surface area contributed by atoms with Gasteiger partial charge in [0, 0.05) is 39.6 Å². The molecular formula is C24H25N9S. The Morgan fingerprint density at radius 2 is 1.53 bits per heavy atom. The second-order valence-corrected chi connectivity index (χ2v) is 8.87. The number of nitrogens with one attached hydrogen (secondary N) is 3. The summed E-state index contributed by atoms with van der Waals surface area (Å²) in [6, 6.07) is 15.4. The molecule has 0 fully saturated rings. The van der Waals surface area contributed by atoms with Gasteiger partial charge in [-0.05, 0) is 73.9 Å². The van der Waals surface area contributed by atoms with Gasteiger partial charge < -0.3 is 11.5 Å². The zero-order chi connectivity index (χ0) is 23.8. The van der Waals surface area contributed by atoms with Crippen molar-refractivity contribution in [3.63, 3.8) is 0 Å². The molecule has 172 valence electrons. The number of hydrogen-bond acceptors (Lipinski definition) is 9. The van der Waals surface area contributed by atoms with Crippen LogP contribution < -0.4 is 27.7 Å². The minimum absolute atomic E-state index is 0.659. The highest BCUT2D eigenvalue weighted by molar-refractivity contribution is 8.02. The molecule has 4 aromatic rings. The summed E-state index contributed by atoms with van der Waals surface area (Å²) < 4.78 is 0. The second-order valence-electron chi connectivity index (χ2n) is 8.02. The number of hydrazine groups is 3. The molecule has 0 spiro atoms. The van der Waals surface area contributed by atoms with Gasteiger partial charge in [-0.1, -0.05) is 0 Å². The Labute approximate surface area is 201 Å². The average Bonchev–Trinajstić information content (AvgIpc) is 2.79. The Morgan fingerprint density at radius 3 is 2.21 bits per heavy atom. The molecule has 10 heteroatoms. The number of amidine groups is 1. The van der Waals surface area contributed by atoms with Crippen LogP contribution in [0.1, 0.15) is 11.4 Å². The molecule has 0 radical (unpaired) electrons. The summed E-state index contributed by atoms with van der Waals surface area (Å²) in [6.45, 7) is 3.86. The van der Waals surface area contributed by atoms with Gasteiger partial charge in [-0.2, -0.15) is 0 Å². The van der Waals surface area contributed by atoms with Crippen molar-refractivity contribution in [2.75, 3.05) is 23.1 Å². The fourth-order valence-corrected chi connectivity index (χ4v) is 4.25. The van der Waals surface area contributed by atoms with Crippen molar-refractivity contribution in [2.45, 2.75) is 13.8 Å². The molecule has 34 heavy (non-hydrogen) atoms. The van der Waals surface area contributed by atoms with Crippen LogP contribution in [0.5, 0.6) is 0 Å². The first-order chi connectivity index (χ1) is 16.4. The van der Waals surface area contributed by atoms with Gasteiger partial charge in [-0.15, -0.1) is 11.8 Å². The van der Waals surface area contributed by atoms with Crippen LogP contribution in [0.4, 0.5) is 22.7 Å². The number of rotatable bonds is 4. The lowest BCUT2D eigenvalue weighted by molar-refractivity contribution is 0.223. The highest BCUT2D eigenvalue weighted by atomic mass is 32.2. The molecule has 2 aromatic heterocycles. The second kappa shape index (κ2) is 8.73. The minimum atomic E-state index is 0.659. The number of pyridine rings is 2. The van der Waals surface area contributed by atoms with E-state index in [1.807, 2.05) is 74.7 Å². The van der Waals surface area contributed by atoms with Crippen LogP contribution in [0.2, 0.25) is 0 Å². The van der Waals surface area contributed by atoms with Gasteiger partial charge in [-0.25, -0.2) is 4.99 Å². The molecule has 5 rings (SSSR count). The van der Waals surface area contributed by atoms with Crippen LogP contribution in [0.3, 0.4) is 0 Å². The first kappa shape index (κ1) is 21.8. The van der Waals surface area contributed by atoms with E-state index in [0.29, 0.717) is 17.2 Å². The van der Waals surface area contributed by atoms with Crippen molar-refractivity contribution < 1.29 is 0 Å². The molecule has 0 bridgehead atoms. The molecule has 0 saturated heterocycles. The van der Waals surface area contributed by atoms with Crippen molar-refractivity contribution in [1.82, 2.24) is 26.0 Å². The quantitative estimate of drug-likeness (QED) is 0.298. The van der Waals surface area contributed by atoms with E-state index in [0.717, 1.165) is 49.6 Å². The van der Waals surface area contributed by atoms with E-state index in [2.05, 4.69) is 26.2 Å². The van der Waals surface area contributed by atoms with Crippen LogP contribution in [0, 0.1) is 13.8 Å². The van der Waals surface area contributed by atoms with Crippen LogP contribution in [0.25, 0.3) is 21.8 Å². The monoisotopic (exact) mass is 471 g/mol. The smallest absolute Gasteiger partial charge is 0.146 e. The number of benzene rings is 2. The number of aryl methyl sites for hydroxylation is 2. The summed E-state index contributed by atoms with van der Waals surface area (Å²) in [6.07, 6.45) is 3.93. The van der Waals surface area contributed by atoms with Crippen LogP contribution >= 0.6 is 11.8 Å². The fourth-order valence-electron chi connectivity index (χ4n) is 3.83. The molecular weight excluding hydrogens is 446 g/mol. The third kappa shape index (κ3) is 4.41. The predicted octanol–water partition coefficient (Wildman–Crippen LogP) is 4.15. The van der Waals surface area contributed by atoms with Crippen molar-refractivity contribution >= 4 is 62.2 Å². The minimum Gasteiger partial charge on any atom is -0.398 e. The van der Waals surface area contributed by atoms with Gasteiger partial charge in [0.25, 0.3) is 0 Å². The highest BCUT2D eigenvalue weighted by Crippen LogP contribution is 2.27. The van der Waals surface area contributed by atoms with Crippen LogP contribution in [0.15, 0.2) is 64.6 Å². The molecule has 9 nitrogen and oxygen atoms in total. The standard InChI is InChI=1S/C24H25N9S/c1-13-8-19(25)17-10-15(4-6-21(17)27-13)29-23-12-24(34-3)32-33(31-23)30-16-5-7-22-18(11-16)20(26)9-14(2)28-22/h4-12,30,32H,1-3H3,(H2,25,27)(H2,26,28)(H,29,31). The predicted molar refractivity (Wildman–Crippen MR) is 142 cm³/mol. The van der Waals surface area contributed by atoms with E-state index < -0.39 is 0 Å². The van der Waals surface area contributed by atoms with E-state index in [9.17, 15) is 0 Å². The first-order valence-corrected chi connectivity index (χ1v) is 11.9. The Balaban J connectivity index is 1.42. The molecule has 3 heterocycles. The first-order valence-electron chi connectivity index (χ1n) is 10.7. The number of aromatic nitrogens is 2. The Morgan fingerprint density at radius 1 is 0.882 bits per heavy atom. The zero-order valence-corrected chi connectivity index (χ0v) is 19.9. The maximum absolute atomic E-state index is 6.21. The molecule has 0 aliphatic carbocycles. The van der Waals surface area contributed by atoms with Gasteiger partial charge in [0.15, 0.2) is 0 Å². The van der Waals surface area contributed by atoms with Crippen molar-refractivity contribution in [3.8, 4) is 0 Å². The molecule has 1 aliphatic heterocycles. The average molecular weight is 472 g/mol. The number of aliphatic imine (C=N–C) groups is 1. The van der Waals surface area contributed by atoms with Gasteiger partial charge in [0.05, 0.1) is 27.4 Å². The third-order valence-corrected chi connectivity index (χ3v) is 6.00. The van der Waals surface area contributed by atoms with E-state index >= 15 is 0 Å². The van der Waals surface area contributed by atoms with E-state index in [-0.39, 0.29) is 0 Å². The number of nitrogen functional groups attached to an aromatic ring is 2. The number of fused-ring (bicyclic) bond motifs is 2. The summed E-state index contributed by atoms with van der Waals surface area (Å²) in [5, 5.41) is 4.34. The van der Waals surface area contributed by atoms with Crippen molar-refractivity contribution in [1.29, 1.82) is 0 Å². The molecule has 1 aliphatic rings. The summed E-state index contributed by atoms with van der Waals surface area (Å²) in [7, 11) is 0. The van der Waals surface area contributed by atoms with Gasteiger partial charge in [-0.3, -0.25) is 26.2 Å². The molecule has 0 amide bonds. The van der Waals surface area contributed by atoms with Gasteiger partial charge in [0.2, 0.25) is 0 Å². The summed E-state index contributed by atoms with van der Waals surface area (Å²) in [5.41, 5.74) is 28.7. The topological polar surface area (TPSA) is 130 Å². The van der Waals surface area contributed by atoms with Gasteiger partial charge in [0.1, 0.15) is 5.84 Å². The normalized spacial score (nSPS) is 15.3. The number of anilines is 3. The fraction of sp³-hybridized carbons (Fsp3) is 0.125. The lowest BCUT2D eigenvalue weighted by Crippen LogP contribution is -2.55. The van der Waals surface area contributed by atoms with Crippen molar-refractivity contribution in [3.05, 3.63) is 71.0 Å². The Kier molecular flexibility index (Phi) is 5.60. The van der Waals surface area contributed by atoms with E-state index in [1.165, 1.54) is 0 Å². The van der Waals surface area contributed by atoms with Crippen LogP contribution in [-0.4, -0.2) is 27.3 Å². The maximum Gasteiger partial charge on any atom is 0.146 e. The molecule has 0 unspecified atom stereocenters. The lowest BCUT2D eigenvalue weighted by Gasteiger charge is -2.30. The molecule has 2 aromatic carbocycles. The number of nitrogens with zero attached hydrogens (tertiary/aromatic N) is 4. The number of nitrogens with two attached hydrogens (primary N) is 2. The largest absolute Gasteiger partial charge is 0.398 e. The molecule has 0 saturated carbocycles. The van der Waals surface area contributed by atoms with Crippen molar-refractivity contribution in [2.24, 2.45) is 4.99 Å². The third-order valence-electron chi connectivity index (χ3n) is 5.35.